The van der Waals surface area contributed by atoms with Crippen LogP contribution in [0.4, 0.5) is 0 Å². The second-order valence-electron chi connectivity index (χ2n) is 9.31. The van der Waals surface area contributed by atoms with Gasteiger partial charge in [-0.25, -0.2) is 0 Å². The van der Waals surface area contributed by atoms with E-state index in [-0.39, 0.29) is 7.43 Å². The van der Waals surface area contributed by atoms with Gasteiger partial charge in [-0.15, -0.1) is 6.58 Å². The molecule has 0 spiro atoms. The zero-order chi connectivity index (χ0) is 26.5. The van der Waals surface area contributed by atoms with Crippen molar-refractivity contribution in [2.45, 2.75) is 94.4 Å². The van der Waals surface area contributed by atoms with E-state index in [4.69, 9.17) is 0 Å². The fourth-order valence-corrected chi connectivity index (χ4v) is 4.86. The highest BCUT2D eigenvalue weighted by Gasteiger charge is 2.19. The summed E-state index contributed by atoms with van der Waals surface area (Å²) in [4.78, 5) is 0. The minimum Gasteiger partial charge on any atom is -0.103 e. The van der Waals surface area contributed by atoms with Crippen LogP contribution in [0.5, 0.6) is 0 Å². The quantitative estimate of drug-likeness (QED) is 0.191. The van der Waals surface area contributed by atoms with Crippen molar-refractivity contribution in [3.05, 3.63) is 96.1 Å². The number of fused-ring (bicyclic) bond motifs is 6. The minimum absolute atomic E-state index is 0. The standard InChI is InChI=1S/C23H18.C6H12.C3H6.2C2H6.CH4/c1-15-6-9-20-18(12-15)7-11-22-21(20)10-8-19-13-16-4-2-3-5-17(16)14-23(19)22;1-2-3-6-4-5-6;1-3-2;2*1-2;/h2-6,8-10,12-14H,7,11H2,1H3;6H,2-5H2,1H3;3H,1H2,2H3;2*1-2H3;1H4. The smallest absolute Gasteiger partial charge is 0.0139 e. The lowest BCUT2D eigenvalue weighted by atomic mass is 9.82. The van der Waals surface area contributed by atoms with Crippen LogP contribution < -0.4 is 0 Å². The third-order valence-corrected chi connectivity index (χ3v) is 6.59. The molecular weight excluding hydrogens is 444 g/mol. The van der Waals surface area contributed by atoms with Gasteiger partial charge >= 0.3 is 0 Å². The number of benzene rings is 4. The van der Waals surface area contributed by atoms with Crippen molar-refractivity contribution in [1.29, 1.82) is 0 Å². The molecule has 2 aliphatic rings. The number of allylic oxidation sites excluding steroid dienone is 1. The molecule has 6 rings (SSSR count). The molecule has 0 bridgehead atoms. The van der Waals surface area contributed by atoms with Crippen LogP contribution in [-0.2, 0) is 12.8 Å². The Morgan fingerprint density at radius 2 is 1.38 bits per heavy atom. The highest BCUT2D eigenvalue weighted by molar-refractivity contribution is 6.02. The van der Waals surface area contributed by atoms with E-state index in [1.54, 1.807) is 6.08 Å². The van der Waals surface area contributed by atoms with Crippen LogP contribution in [0.3, 0.4) is 0 Å². The van der Waals surface area contributed by atoms with E-state index in [0.717, 1.165) is 18.8 Å². The summed E-state index contributed by atoms with van der Waals surface area (Å²) in [5.74, 6) is 1.15. The Balaban J connectivity index is 0.000000414. The summed E-state index contributed by atoms with van der Waals surface area (Å²) < 4.78 is 0. The Kier molecular flexibility index (Phi) is 14.6. The lowest BCUT2D eigenvalue weighted by Gasteiger charge is -2.22. The van der Waals surface area contributed by atoms with Gasteiger partial charge in [-0.05, 0) is 88.5 Å². The number of hydrogen-bond acceptors (Lipinski definition) is 0. The van der Waals surface area contributed by atoms with Gasteiger partial charge in [-0.3, -0.25) is 0 Å². The summed E-state index contributed by atoms with van der Waals surface area (Å²) in [6.07, 6.45) is 9.96. The van der Waals surface area contributed by atoms with Crippen molar-refractivity contribution >= 4 is 21.5 Å². The summed E-state index contributed by atoms with van der Waals surface area (Å²) >= 11 is 0. The molecule has 2 aliphatic carbocycles. The summed E-state index contributed by atoms with van der Waals surface area (Å²) in [7, 11) is 0. The third kappa shape index (κ3) is 8.60. The van der Waals surface area contributed by atoms with Crippen LogP contribution in [0.1, 0.15) is 91.3 Å². The first kappa shape index (κ1) is 32.2. The first-order valence-electron chi connectivity index (χ1n) is 14.3. The first-order chi connectivity index (χ1) is 17.6. The molecule has 0 atom stereocenters. The van der Waals surface area contributed by atoms with E-state index in [9.17, 15) is 0 Å². The molecule has 0 N–H and O–H groups in total. The van der Waals surface area contributed by atoms with Crippen molar-refractivity contribution in [1.82, 2.24) is 0 Å². The van der Waals surface area contributed by atoms with E-state index < -0.39 is 0 Å². The van der Waals surface area contributed by atoms with Gasteiger partial charge in [-0.1, -0.05) is 134 Å². The van der Waals surface area contributed by atoms with Crippen molar-refractivity contribution in [3.63, 3.8) is 0 Å². The Hall–Kier alpha value is -2.86. The van der Waals surface area contributed by atoms with Crippen LogP contribution in [-0.4, -0.2) is 0 Å². The monoisotopic (exact) mass is 496 g/mol. The van der Waals surface area contributed by atoms with Crippen molar-refractivity contribution in [2.24, 2.45) is 5.92 Å². The average molecular weight is 497 g/mol. The van der Waals surface area contributed by atoms with Gasteiger partial charge in [0.05, 0.1) is 0 Å². The largest absolute Gasteiger partial charge is 0.103 e. The maximum atomic E-state index is 3.36. The van der Waals surface area contributed by atoms with Gasteiger partial charge < -0.3 is 0 Å². The van der Waals surface area contributed by atoms with Crippen LogP contribution in [0, 0.1) is 12.8 Å². The molecule has 0 aromatic heterocycles. The lowest BCUT2D eigenvalue weighted by Crippen LogP contribution is -2.05. The van der Waals surface area contributed by atoms with E-state index in [2.05, 4.69) is 87.2 Å². The Morgan fingerprint density at radius 1 is 0.784 bits per heavy atom. The number of aryl methyl sites for hydroxylation is 3. The van der Waals surface area contributed by atoms with Crippen LogP contribution in [0.15, 0.2) is 79.4 Å². The molecule has 0 saturated heterocycles. The average Bonchev–Trinajstić information content (AvgIpc) is 3.74. The Labute approximate surface area is 228 Å². The number of hydrogen-bond donors (Lipinski definition) is 0. The number of rotatable bonds is 2. The fraction of sp³-hybridized carbons (Fsp3) is 0.405. The highest BCUT2D eigenvalue weighted by Crippen LogP contribution is 2.39. The maximum Gasteiger partial charge on any atom is -0.0139 e. The summed E-state index contributed by atoms with van der Waals surface area (Å²) in [6, 6.07) is 24.9. The van der Waals surface area contributed by atoms with Crippen molar-refractivity contribution in [2.75, 3.05) is 0 Å². The normalized spacial score (nSPS) is 12.3. The van der Waals surface area contributed by atoms with E-state index >= 15 is 0 Å². The van der Waals surface area contributed by atoms with Gasteiger partial charge in [0.1, 0.15) is 0 Å². The first-order valence-corrected chi connectivity index (χ1v) is 14.3. The molecule has 1 saturated carbocycles. The fourth-order valence-electron chi connectivity index (χ4n) is 4.86. The SMILES string of the molecule is C.C=CC.CC.CC.CCCC1CC1.Cc1ccc2c(c1)CCc1c-2ccc2cc3ccccc3cc12. The molecule has 0 amide bonds. The zero-order valence-corrected chi connectivity index (χ0v) is 24.0. The van der Waals surface area contributed by atoms with Crippen LogP contribution in [0.25, 0.3) is 32.7 Å². The summed E-state index contributed by atoms with van der Waals surface area (Å²) in [5.41, 5.74) is 7.22. The summed E-state index contributed by atoms with van der Waals surface area (Å²) in [5, 5.41) is 5.44. The molecule has 0 aliphatic heterocycles. The van der Waals surface area contributed by atoms with E-state index in [1.165, 1.54) is 75.0 Å². The topological polar surface area (TPSA) is 0 Å². The maximum absolute atomic E-state index is 3.36. The predicted molar refractivity (Wildman–Crippen MR) is 172 cm³/mol. The van der Waals surface area contributed by atoms with E-state index in [1.807, 2.05) is 34.6 Å². The van der Waals surface area contributed by atoms with Gasteiger partial charge in [0.15, 0.2) is 0 Å². The molecule has 0 heteroatoms. The molecule has 4 aromatic rings. The van der Waals surface area contributed by atoms with Crippen LogP contribution in [0.2, 0.25) is 0 Å². The second kappa shape index (κ2) is 16.8. The molecular formula is C37H52. The second-order valence-corrected chi connectivity index (χ2v) is 9.31. The minimum atomic E-state index is 0. The molecule has 0 nitrogen and oxygen atoms in total. The molecule has 4 aromatic carbocycles. The van der Waals surface area contributed by atoms with Gasteiger partial charge in [0.25, 0.3) is 0 Å². The lowest BCUT2D eigenvalue weighted by molar-refractivity contribution is 0.708. The molecule has 0 unspecified atom stereocenters. The third-order valence-electron chi connectivity index (χ3n) is 6.59. The molecule has 0 heterocycles. The molecule has 37 heavy (non-hydrogen) atoms. The highest BCUT2D eigenvalue weighted by atomic mass is 14.2. The van der Waals surface area contributed by atoms with Crippen LogP contribution >= 0.6 is 0 Å². The predicted octanol–water partition coefficient (Wildman–Crippen LogP) is 12.1. The Morgan fingerprint density at radius 3 is 1.95 bits per heavy atom. The Bertz CT molecular complexity index is 1220. The molecule has 1 fully saturated rings. The van der Waals surface area contributed by atoms with Crippen molar-refractivity contribution < 1.29 is 0 Å². The molecule has 0 radical (unpaired) electrons. The molecule has 200 valence electrons. The van der Waals surface area contributed by atoms with Gasteiger partial charge in [0.2, 0.25) is 0 Å². The van der Waals surface area contributed by atoms with E-state index in [0.29, 0.717) is 0 Å². The van der Waals surface area contributed by atoms with Gasteiger partial charge in [-0.2, -0.15) is 0 Å². The zero-order valence-electron chi connectivity index (χ0n) is 24.0. The van der Waals surface area contributed by atoms with Crippen molar-refractivity contribution in [3.8, 4) is 11.1 Å². The van der Waals surface area contributed by atoms with Gasteiger partial charge in [0, 0.05) is 0 Å². The summed E-state index contributed by atoms with van der Waals surface area (Å²) in [6.45, 7) is 17.7.